The number of ether oxygens (including phenoxy) is 2. The van der Waals surface area contributed by atoms with Gasteiger partial charge in [-0.1, -0.05) is 0 Å². The van der Waals surface area contributed by atoms with Crippen molar-refractivity contribution in [2.45, 2.75) is 6.54 Å². The van der Waals surface area contributed by atoms with Crippen LogP contribution in [0.3, 0.4) is 0 Å². The molecule has 0 unspecified atom stereocenters. The van der Waals surface area contributed by atoms with Crippen molar-refractivity contribution in [1.29, 1.82) is 0 Å². The molecule has 0 amide bonds. The number of methoxy groups -OCH3 is 2. The maximum atomic E-state index is 5.40. The summed E-state index contributed by atoms with van der Waals surface area (Å²) < 4.78 is 10.7. The van der Waals surface area contributed by atoms with Crippen LogP contribution in [0.15, 0.2) is 30.3 Å². The molecule has 0 spiro atoms. The molecule has 96 valence electrons. The normalized spacial score (nSPS) is 10.4. The minimum atomic E-state index is 0.842. The predicted molar refractivity (Wildman–Crippen MR) is 75.6 cm³/mol. The van der Waals surface area contributed by atoms with Gasteiger partial charge >= 0.3 is 0 Å². The number of rotatable bonds is 5. The molecule has 0 atom stereocenters. The smallest absolute Gasteiger partial charge is 0.127 e. The Morgan fingerprint density at radius 1 is 1.11 bits per heavy atom. The zero-order valence-electron chi connectivity index (χ0n) is 10.8. The summed E-state index contributed by atoms with van der Waals surface area (Å²) >= 11 is 1.76. The van der Waals surface area contributed by atoms with E-state index in [9.17, 15) is 0 Å². The molecule has 0 aliphatic carbocycles. The van der Waals surface area contributed by atoms with Gasteiger partial charge in [0.1, 0.15) is 11.5 Å². The van der Waals surface area contributed by atoms with E-state index in [0.717, 1.165) is 23.6 Å². The molecule has 0 bridgehead atoms. The van der Waals surface area contributed by atoms with Gasteiger partial charge < -0.3 is 14.8 Å². The van der Waals surface area contributed by atoms with Gasteiger partial charge in [-0.25, -0.2) is 0 Å². The lowest BCUT2D eigenvalue weighted by Crippen LogP contribution is -2.02. The standard InChI is InChI=1S/C14H17NO2S/c1-15-9-11-5-7-14(18-11)12-8-10(16-2)4-6-13(12)17-3/h4-8,15H,9H2,1-3H3. The molecule has 1 N–H and O–H groups in total. The molecule has 18 heavy (non-hydrogen) atoms. The van der Waals surface area contributed by atoms with Gasteiger partial charge in [-0.3, -0.25) is 0 Å². The number of hydrogen-bond donors (Lipinski definition) is 1. The largest absolute Gasteiger partial charge is 0.497 e. The fourth-order valence-corrected chi connectivity index (χ4v) is 2.84. The van der Waals surface area contributed by atoms with Crippen LogP contribution in [0.4, 0.5) is 0 Å². The summed E-state index contributed by atoms with van der Waals surface area (Å²) in [4.78, 5) is 2.49. The molecule has 1 aromatic carbocycles. The monoisotopic (exact) mass is 263 g/mol. The fourth-order valence-electron chi connectivity index (χ4n) is 1.80. The van der Waals surface area contributed by atoms with Crippen molar-refractivity contribution in [3.63, 3.8) is 0 Å². The van der Waals surface area contributed by atoms with Crippen molar-refractivity contribution < 1.29 is 9.47 Å². The van der Waals surface area contributed by atoms with E-state index in [1.165, 1.54) is 9.75 Å². The van der Waals surface area contributed by atoms with E-state index >= 15 is 0 Å². The molecule has 4 heteroatoms. The van der Waals surface area contributed by atoms with Crippen LogP contribution in [0.5, 0.6) is 11.5 Å². The van der Waals surface area contributed by atoms with Crippen molar-refractivity contribution >= 4 is 11.3 Å². The van der Waals surface area contributed by atoms with Crippen LogP contribution in [0.25, 0.3) is 10.4 Å². The Balaban J connectivity index is 2.40. The SMILES string of the molecule is CNCc1ccc(-c2cc(OC)ccc2OC)s1. The number of hydrogen-bond acceptors (Lipinski definition) is 4. The Morgan fingerprint density at radius 2 is 1.94 bits per heavy atom. The van der Waals surface area contributed by atoms with E-state index < -0.39 is 0 Å². The van der Waals surface area contributed by atoms with Gasteiger partial charge in [0.15, 0.2) is 0 Å². The topological polar surface area (TPSA) is 30.5 Å². The second kappa shape index (κ2) is 5.89. The van der Waals surface area contributed by atoms with E-state index in [-0.39, 0.29) is 0 Å². The van der Waals surface area contributed by atoms with Crippen LogP contribution in [0.2, 0.25) is 0 Å². The average Bonchev–Trinajstić information content (AvgIpc) is 2.87. The zero-order valence-corrected chi connectivity index (χ0v) is 11.6. The van der Waals surface area contributed by atoms with Crippen LogP contribution in [0.1, 0.15) is 4.88 Å². The predicted octanol–water partition coefficient (Wildman–Crippen LogP) is 3.15. The van der Waals surface area contributed by atoms with Crippen LogP contribution in [0, 0.1) is 0 Å². The maximum absolute atomic E-state index is 5.40. The molecule has 0 saturated heterocycles. The Kier molecular flexibility index (Phi) is 4.23. The number of nitrogens with one attached hydrogen (secondary N) is 1. The molecule has 2 aromatic rings. The van der Waals surface area contributed by atoms with Gasteiger partial charge in [0.2, 0.25) is 0 Å². The Morgan fingerprint density at radius 3 is 2.61 bits per heavy atom. The Hall–Kier alpha value is -1.52. The molecule has 0 saturated carbocycles. The summed E-state index contributed by atoms with van der Waals surface area (Å²) in [6.45, 7) is 0.886. The van der Waals surface area contributed by atoms with Crippen molar-refractivity contribution in [2.24, 2.45) is 0 Å². The molecule has 0 fully saturated rings. The van der Waals surface area contributed by atoms with Crippen LogP contribution < -0.4 is 14.8 Å². The zero-order chi connectivity index (χ0) is 13.0. The average molecular weight is 263 g/mol. The van der Waals surface area contributed by atoms with Crippen molar-refractivity contribution in [3.8, 4) is 21.9 Å². The molecule has 2 rings (SSSR count). The third-order valence-corrected chi connectivity index (χ3v) is 3.80. The van der Waals surface area contributed by atoms with Gasteiger partial charge in [0, 0.05) is 21.9 Å². The molecule has 0 aliphatic rings. The summed E-state index contributed by atoms with van der Waals surface area (Å²) in [5.74, 6) is 1.71. The van der Waals surface area contributed by atoms with Gasteiger partial charge in [-0.2, -0.15) is 0 Å². The lowest BCUT2D eigenvalue weighted by atomic mass is 10.1. The van der Waals surface area contributed by atoms with Gasteiger partial charge in [0.05, 0.1) is 14.2 Å². The molecule has 1 aromatic heterocycles. The van der Waals surface area contributed by atoms with Crippen LogP contribution in [-0.4, -0.2) is 21.3 Å². The second-order valence-corrected chi connectivity index (χ2v) is 5.03. The molecule has 0 aliphatic heterocycles. The number of benzene rings is 1. The highest BCUT2D eigenvalue weighted by Gasteiger charge is 2.10. The maximum Gasteiger partial charge on any atom is 0.127 e. The van der Waals surface area contributed by atoms with E-state index in [1.54, 1.807) is 25.6 Å². The van der Waals surface area contributed by atoms with E-state index in [0.29, 0.717) is 0 Å². The molecule has 0 radical (unpaired) electrons. The van der Waals surface area contributed by atoms with Crippen molar-refractivity contribution in [1.82, 2.24) is 5.32 Å². The quantitative estimate of drug-likeness (QED) is 0.899. The lowest BCUT2D eigenvalue weighted by molar-refractivity contribution is 0.404. The van der Waals surface area contributed by atoms with Crippen molar-refractivity contribution in [2.75, 3.05) is 21.3 Å². The number of thiophene rings is 1. The van der Waals surface area contributed by atoms with Gasteiger partial charge in [-0.05, 0) is 37.4 Å². The van der Waals surface area contributed by atoms with Crippen molar-refractivity contribution in [3.05, 3.63) is 35.2 Å². The summed E-state index contributed by atoms with van der Waals surface area (Å²) in [5.41, 5.74) is 1.07. The molecule has 1 heterocycles. The van der Waals surface area contributed by atoms with E-state index in [2.05, 4.69) is 17.4 Å². The Bertz CT molecular complexity index is 522. The van der Waals surface area contributed by atoms with Crippen LogP contribution >= 0.6 is 11.3 Å². The molecular weight excluding hydrogens is 246 g/mol. The highest BCUT2D eigenvalue weighted by Crippen LogP contribution is 2.37. The minimum Gasteiger partial charge on any atom is -0.497 e. The molecular formula is C14H17NO2S. The van der Waals surface area contributed by atoms with Gasteiger partial charge in [0.25, 0.3) is 0 Å². The highest BCUT2D eigenvalue weighted by molar-refractivity contribution is 7.15. The first-order valence-corrected chi connectivity index (χ1v) is 6.56. The minimum absolute atomic E-state index is 0.842. The van der Waals surface area contributed by atoms with E-state index in [1.807, 2.05) is 25.2 Å². The highest BCUT2D eigenvalue weighted by atomic mass is 32.1. The first-order valence-electron chi connectivity index (χ1n) is 5.74. The first-order chi connectivity index (χ1) is 8.78. The summed E-state index contributed by atoms with van der Waals surface area (Å²) in [6.07, 6.45) is 0. The third-order valence-electron chi connectivity index (χ3n) is 2.68. The lowest BCUT2D eigenvalue weighted by Gasteiger charge is -2.08. The van der Waals surface area contributed by atoms with Gasteiger partial charge in [-0.15, -0.1) is 11.3 Å². The summed E-state index contributed by atoms with van der Waals surface area (Å²) in [6, 6.07) is 10.1. The second-order valence-electron chi connectivity index (χ2n) is 3.86. The van der Waals surface area contributed by atoms with Crippen LogP contribution in [-0.2, 0) is 6.54 Å². The van der Waals surface area contributed by atoms with E-state index in [4.69, 9.17) is 9.47 Å². The first kappa shape index (κ1) is 12.9. The third kappa shape index (κ3) is 2.66. The Labute approximate surface area is 111 Å². The summed E-state index contributed by atoms with van der Waals surface area (Å²) in [7, 11) is 5.31. The summed E-state index contributed by atoms with van der Waals surface area (Å²) in [5, 5.41) is 3.15. The molecule has 3 nitrogen and oxygen atoms in total. The fraction of sp³-hybridized carbons (Fsp3) is 0.286.